The van der Waals surface area contributed by atoms with Gasteiger partial charge in [-0.1, -0.05) is 0 Å². The van der Waals surface area contributed by atoms with Crippen molar-refractivity contribution in [2.45, 2.75) is 38.3 Å². The largest absolute Gasteiger partial charge is 0.480 e. The molecule has 19 heavy (non-hydrogen) atoms. The third kappa shape index (κ3) is 6.97. The highest BCUT2D eigenvalue weighted by Crippen LogP contribution is 2.23. The molecular weight excluding hydrogens is 252 g/mol. The van der Waals surface area contributed by atoms with E-state index in [1.165, 1.54) is 0 Å². The van der Waals surface area contributed by atoms with Crippen LogP contribution in [0.4, 0.5) is 4.79 Å². The van der Waals surface area contributed by atoms with E-state index in [0.29, 0.717) is 6.61 Å². The molecule has 1 heterocycles. The number of hydrogen-bond acceptors (Lipinski definition) is 4. The fraction of sp³-hybridized carbons (Fsp3) is 0.833. The number of carbonyl (C=O) groups is 2. The van der Waals surface area contributed by atoms with Crippen molar-refractivity contribution in [3.05, 3.63) is 0 Å². The third-order valence-electron chi connectivity index (χ3n) is 2.79. The average Bonchev–Trinajstić information content (AvgIpc) is 2.26. The van der Waals surface area contributed by atoms with E-state index in [1.54, 1.807) is 0 Å². The SMILES string of the molecule is CC1(C)CC(NC(=O)NCCOCC(=O)O)CCO1. The van der Waals surface area contributed by atoms with Gasteiger partial charge >= 0.3 is 12.0 Å². The lowest BCUT2D eigenvalue weighted by atomic mass is 9.94. The molecule has 110 valence electrons. The molecule has 0 aliphatic carbocycles. The summed E-state index contributed by atoms with van der Waals surface area (Å²) in [6.45, 7) is 4.75. The Morgan fingerprint density at radius 3 is 2.84 bits per heavy atom. The van der Waals surface area contributed by atoms with Crippen LogP contribution < -0.4 is 10.6 Å². The Hall–Kier alpha value is -1.34. The van der Waals surface area contributed by atoms with Gasteiger partial charge in [-0.05, 0) is 26.7 Å². The van der Waals surface area contributed by atoms with Crippen LogP contribution in [0.3, 0.4) is 0 Å². The van der Waals surface area contributed by atoms with Crippen LogP contribution in [0.5, 0.6) is 0 Å². The first-order chi connectivity index (χ1) is 8.89. The summed E-state index contributed by atoms with van der Waals surface area (Å²) in [4.78, 5) is 21.8. The molecule has 0 bridgehead atoms. The summed E-state index contributed by atoms with van der Waals surface area (Å²) in [6.07, 6.45) is 1.57. The molecule has 1 saturated heterocycles. The van der Waals surface area contributed by atoms with Gasteiger partial charge in [-0.15, -0.1) is 0 Å². The summed E-state index contributed by atoms with van der Waals surface area (Å²) < 4.78 is 10.4. The molecule has 0 aromatic carbocycles. The van der Waals surface area contributed by atoms with Gasteiger partial charge in [0.15, 0.2) is 0 Å². The van der Waals surface area contributed by atoms with Gasteiger partial charge in [-0.25, -0.2) is 9.59 Å². The van der Waals surface area contributed by atoms with Crippen molar-refractivity contribution in [2.75, 3.05) is 26.4 Å². The van der Waals surface area contributed by atoms with E-state index < -0.39 is 5.97 Å². The Bertz CT molecular complexity index is 319. The number of ether oxygens (including phenoxy) is 2. The van der Waals surface area contributed by atoms with Gasteiger partial charge in [0.25, 0.3) is 0 Å². The van der Waals surface area contributed by atoms with Crippen LogP contribution in [0.1, 0.15) is 26.7 Å². The summed E-state index contributed by atoms with van der Waals surface area (Å²) in [5.74, 6) is -1.02. The lowest BCUT2D eigenvalue weighted by Crippen LogP contribution is -2.49. The Kier molecular flexibility index (Phi) is 6.04. The van der Waals surface area contributed by atoms with Crippen molar-refractivity contribution in [3.63, 3.8) is 0 Å². The molecule has 0 radical (unpaired) electrons. The normalized spacial score (nSPS) is 21.7. The Morgan fingerprint density at radius 2 is 2.21 bits per heavy atom. The van der Waals surface area contributed by atoms with Gasteiger partial charge in [0.05, 0.1) is 12.2 Å². The number of nitrogens with one attached hydrogen (secondary N) is 2. The minimum Gasteiger partial charge on any atom is -0.480 e. The summed E-state index contributed by atoms with van der Waals surface area (Å²) in [6, 6.07) is -0.162. The minimum absolute atomic E-state index is 0.101. The van der Waals surface area contributed by atoms with Crippen LogP contribution in [0, 0.1) is 0 Å². The van der Waals surface area contributed by atoms with Crippen molar-refractivity contribution in [3.8, 4) is 0 Å². The maximum Gasteiger partial charge on any atom is 0.329 e. The molecule has 0 spiro atoms. The number of amides is 2. The van der Waals surface area contributed by atoms with Crippen molar-refractivity contribution < 1.29 is 24.2 Å². The highest BCUT2D eigenvalue weighted by molar-refractivity contribution is 5.74. The van der Waals surface area contributed by atoms with Crippen molar-refractivity contribution >= 4 is 12.0 Å². The molecule has 1 aliphatic rings. The third-order valence-corrected chi connectivity index (χ3v) is 2.79. The maximum atomic E-state index is 11.6. The number of carbonyl (C=O) groups excluding carboxylic acids is 1. The molecule has 0 aromatic heterocycles. The number of carboxylic acid groups (broad SMARTS) is 1. The second-order valence-corrected chi connectivity index (χ2v) is 5.14. The molecule has 0 aromatic rings. The molecule has 7 nitrogen and oxygen atoms in total. The zero-order valence-electron chi connectivity index (χ0n) is 11.4. The van der Waals surface area contributed by atoms with Crippen LogP contribution in [-0.4, -0.2) is 55.1 Å². The molecule has 1 rings (SSSR count). The highest BCUT2D eigenvalue weighted by Gasteiger charge is 2.29. The van der Waals surface area contributed by atoms with E-state index in [0.717, 1.165) is 12.8 Å². The quantitative estimate of drug-likeness (QED) is 0.607. The average molecular weight is 274 g/mol. The molecule has 0 saturated carbocycles. The second kappa shape index (κ2) is 7.30. The van der Waals surface area contributed by atoms with Gasteiger partial charge in [0, 0.05) is 19.2 Å². The van der Waals surface area contributed by atoms with E-state index in [4.69, 9.17) is 14.6 Å². The predicted molar refractivity (Wildman–Crippen MR) is 68.0 cm³/mol. The summed E-state index contributed by atoms with van der Waals surface area (Å²) >= 11 is 0. The monoisotopic (exact) mass is 274 g/mol. The Labute approximate surface area is 112 Å². The molecule has 1 unspecified atom stereocenters. The first-order valence-electron chi connectivity index (χ1n) is 6.37. The summed E-state index contributed by atoms with van der Waals surface area (Å²) in [5.41, 5.74) is -0.208. The zero-order chi connectivity index (χ0) is 14.3. The fourth-order valence-corrected chi connectivity index (χ4v) is 1.99. The topological polar surface area (TPSA) is 96.9 Å². The van der Waals surface area contributed by atoms with E-state index in [1.807, 2.05) is 13.8 Å². The zero-order valence-corrected chi connectivity index (χ0v) is 11.4. The van der Waals surface area contributed by atoms with Crippen molar-refractivity contribution in [2.24, 2.45) is 0 Å². The molecule has 1 fully saturated rings. The van der Waals surface area contributed by atoms with Gasteiger partial charge in [0.2, 0.25) is 0 Å². The minimum atomic E-state index is -1.02. The van der Waals surface area contributed by atoms with Crippen LogP contribution in [-0.2, 0) is 14.3 Å². The lowest BCUT2D eigenvalue weighted by molar-refractivity contribution is -0.142. The molecule has 2 amide bonds. The number of hydrogen-bond donors (Lipinski definition) is 3. The molecular formula is C12H22N2O5. The first kappa shape index (κ1) is 15.7. The molecule has 1 atom stereocenters. The Balaban J connectivity index is 2.12. The number of aliphatic carboxylic acids is 1. The molecule has 7 heteroatoms. The molecule has 3 N–H and O–H groups in total. The van der Waals surface area contributed by atoms with Gasteiger partial charge < -0.3 is 25.2 Å². The van der Waals surface area contributed by atoms with Crippen LogP contribution in [0.25, 0.3) is 0 Å². The highest BCUT2D eigenvalue weighted by atomic mass is 16.5. The van der Waals surface area contributed by atoms with Crippen LogP contribution >= 0.6 is 0 Å². The van der Waals surface area contributed by atoms with Gasteiger partial charge in [-0.3, -0.25) is 0 Å². The van der Waals surface area contributed by atoms with E-state index in [9.17, 15) is 9.59 Å². The Morgan fingerprint density at radius 1 is 1.47 bits per heavy atom. The predicted octanol–water partition coefficient (Wildman–Crippen LogP) is 0.344. The van der Waals surface area contributed by atoms with E-state index in [2.05, 4.69) is 10.6 Å². The first-order valence-corrected chi connectivity index (χ1v) is 6.37. The van der Waals surface area contributed by atoms with Crippen molar-refractivity contribution in [1.82, 2.24) is 10.6 Å². The second-order valence-electron chi connectivity index (χ2n) is 5.14. The number of carboxylic acids is 1. The number of urea groups is 1. The number of rotatable bonds is 6. The van der Waals surface area contributed by atoms with Crippen molar-refractivity contribution in [1.29, 1.82) is 0 Å². The van der Waals surface area contributed by atoms with E-state index >= 15 is 0 Å². The molecule has 1 aliphatic heterocycles. The van der Waals surface area contributed by atoms with E-state index in [-0.39, 0.29) is 37.4 Å². The summed E-state index contributed by atoms with van der Waals surface area (Å²) in [7, 11) is 0. The fourth-order valence-electron chi connectivity index (χ4n) is 1.99. The van der Waals surface area contributed by atoms with Gasteiger partial charge in [0.1, 0.15) is 6.61 Å². The summed E-state index contributed by atoms with van der Waals surface area (Å²) in [5, 5.41) is 13.8. The maximum absolute atomic E-state index is 11.6. The lowest BCUT2D eigenvalue weighted by Gasteiger charge is -2.35. The van der Waals surface area contributed by atoms with Gasteiger partial charge in [-0.2, -0.15) is 0 Å². The smallest absolute Gasteiger partial charge is 0.329 e. The van der Waals surface area contributed by atoms with Crippen LogP contribution in [0.2, 0.25) is 0 Å². The standard InChI is InChI=1S/C12H22N2O5/c1-12(2)7-9(3-5-19-12)14-11(17)13-4-6-18-8-10(15)16/h9H,3-8H2,1-2H3,(H,15,16)(H2,13,14,17). The van der Waals surface area contributed by atoms with Crippen LogP contribution in [0.15, 0.2) is 0 Å².